The summed E-state index contributed by atoms with van der Waals surface area (Å²) < 4.78 is 4.74. The summed E-state index contributed by atoms with van der Waals surface area (Å²) in [5.41, 5.74) is 0. The largest absolute Gasteiger partial charge is 0.481 e. The summed E-state index contributed by atoms with van der Waals surface area (Å²) in [5.74, 6) is -0.368. The number of carbonyl (C=O) groups is 3. The molecule has 0 spiro atoms. The molecule has 0 aromatic rings. The van der Waals surface area contributed by atoms with Crippen molar-refractivity contribution in [3.8, 4) is 0 Å². The molecule has 1 saturated carbocycles. The van der Waals surface area contributed by atoms with Crippen LogP contribution in [0.25, 0.3) is 0 Å². The number of rotatable bonds is 9. The quantitative estimate of drug-likeness (QED) is 0.543. The van der Waals surface area contributed by atoms with Gasteiger partial charge < -0.3 is 20.5 Å². The summed E-state index contributed by atoms with van der Waals surface area (Å²) in [6, 6.07) is -0.919. The number of aliphatic carboxylic acids is 1. The van der Waals surface area contributed by atoms with Crippen LogP contribution in [0.2, 0.25) is 0 Å². The van der Waals surface area contributed by atoms with Gasteiger partial charge in [0.15, 0.2) is 0 Å². The maximum atomic E-state index is 12.1. The van der Waals surface area contributed by atoms with Crippen LogP contribution in [0, 0.1) is 5.92 Å². The smallest absolute Gasteiger partial charge is 0.329 e. The minimum absolute atomic E-state index is 0.00172. The molecule has 1 fully saturated rings. The van der Waals surface area contributed by atoms with E-state index in [-0.39, 0.29) is 24.4 Å². The number of hydrogen-bond donors (Lipinski definition) is 3. The number of methoxy groups -OCH3 is 1. The molecule has 0 radical (unpaired) electrons. The molecule has 0 saturated heterocycles. The van der Waals surface area contributed by atoms with Gasteiger partial charge in [0.1, 0.15) is 6.04 Å². The zero-order valence-electron chi connectivity index (χ0n) is 14.4. The Labute approximate surface area is 147 Å². The van der Waals surface area contributed by atoms with E-state index in [0.717, 1.165) is 25.7 Å². The third-order valence-electron chi connectivity index (χ3n) is 3.94. The topological polar surface area (TPSA) is 105 Å². The number of thioether (sulfide) groups is 1. The number of urea groups is 1. The zero-order valence-corrected chi connectivity index (χ0v) is 15.2. The molecule has 0 aliphatic heterocycles. The van der Waals surface area contributed by atoms with Crippen LogP contribution in [0.4, 0.5) is 4.79 Å². The fourth-order valence-corrected chi connectivity index (χ4v) is 3.80. The van der Waals surface area contributed by atoms with E-state index in [9.17, 15) is 14.4 Å². The first kappa shape index (κ1) is 20.6. The maximum absolute atomic E-state index is 12.1. The van der Waals surface area contributed by atoms with Crippen molar-refractivity contribution in [2.45, 2.75) is 57.5 Å². The Bertz CT molecular complexity index is 427. The van der Waals surface area contributed by atoms with Gasteiger partial charge in [-0.3, -0.25) is 4.79 Å². The van der Waals surface area contributed by atoms with Crippen LogP contribution in [0.3, 0.4) is 0 Å². The highest BCUT2D eigenvalue weighted by molar-refractivity contribution is 7.99. The van der Waals surface area contributed by atoms with Gasteiger partial charge in [0.2, 0.25) is 0 Å². The summed E-state index contributed by atoms with van der Waals surface area (Å²) in [5, 5.41) is 14.3. The van der Waals surface area contributed by atoms with Gasteiger partial charge in [0.05, 0.1) is 7.11 Å². The molecule has 138 valence electrons. The first-order chi connectivity index (χ1) is 11.4. The maximum Gasteiger partial charge on any atom is 0.329 e. The average Bonchev–Trinajstić information content (AvgIpc) is 2.53. The number of carboxylic acid groups (broad SMARTS) is 1. The average molecular weight is 360 g/mol. The minimum atomic E-state index is -0.836. The second kappa shape index (κ2) is 11.2. The Balaban J connectivity index is 2.39. The minimum Gasteiger partial charge on any atom is -0.481 e. The zero-order chi connectivity index (χ0) is 17.9. The highest BCUT2D eigenvalue weighted by atomic mass is 32.2. The Morgan fingerprint density at radius 3 is 2.46 bits per heavy atom. The molecule has 24 heavy (non-hydrogen) atoms. The molecular formula is C16H28N2O5S. The molecule has 1 aliphatic rings. The molecule has 3 N–H and O–H groups in total. The van der Waals surface area contributed by atoms with E-state index in [1.807, 2.05) is 6.92 Å². The summed E-state index contributed by atoms with van der Waals surface area (Å²) in [6.07, 6.45) is 5.46. The molecule has 7 nitrogen and oxygen atoms in total. The van der Waals surface area contributed by atoms with Crippen LogP contribution in [-0.2, 0) is 14.3 Å². The van der Waals surface area contributed by atoms with E-state index in [1.54, 1.807) is 0 Å². The molecule has 2 atom stereocenters. The van der Waals surface area contributed by atoms with Gasteiger partial charge in [-0.1, -0.05) is 26.2 Å². The van der Waals surface area contributed by atoms with Crippen LogP contribution in [0.1, 0.15) is 45.4 Å². The first-order valence-corrected chi connectivity index (χ1v) is 9.52. The van der Waals surface area contributed by atoms with E-state index >= 15 is 0 Å². The summed E-state index contributed by atoms with van der Waals surface area (Å²) in [7, 11) is 1.29. The van der Waals surface area contributed by atoms with Crippen LogP contribution >= 0.6 is 11.8 Å². The number of esters is 1. The molecule has 0 aromatic heterocycles. The van der Waals surface area contributed by atoms with Crippen molar-refractivity contribution in [2.24, 2.45) is 5.92 Å². The summed E-state index contributed by atoms with van der Waals surface area (Å²) in [6.45, 7) is 1.84. The van der Waals surface area contributed by atoms with E-state index < -0.39 is 18.0 Å². The Hall–Kier alpha value is -1.44. The molecule has 8 heteroatoms. The normalized spacial score (nSPS) is 17.6. The SMILES string of the molecule is COC(=O)C(CSCC(C)CC(=O)O)NC(=O)NC1CCCCC1. The Morgan fingerprint density at radius 1 is 1.21 bits per heavy atom. The van der Waals surface area contributed by atoms with Crippen LogP contribution in [-0.4, -0.2) is 53.8 Å². The van der Waals surface area contributed by atoms with Gasteiger partial charge in [-0.2, -0.15) is 11.8 Å². The summed E-state index contributed by atoms with van der Waals surface area (Å²) in [4.78, 5) is 34.5. The highest BCUT2D eigenvalue weighted by Crippen LogP contribution is 2.17. The van der Waals surface area contributed by atoms with Crippen LogP contribution in [0.15, 0.2) is 0 Å². The van der Waals surface area contributed by atoms with E-state index in [1.165, 1.54) is 25.3 Å². The predicted octanol–water partition coefficient (Wildman–Crippen LogP) is 2.00. The standard InChI is InChI=1S/C16H28N2O5S/c1-11(8-14(19)20)9-24-10-13(15(21)23-2)18-16(22)17-12-6-4-3-5-7-12/h11-13H,3-10H2,1-2H3,(H,19,20)(H2,17,18,22). The van der Waals surface area contributed by atoms with Crippen molar-refractivity contribution in [2.75, 3.05) is 18.6 Å². The van der Waals surface area contributed by atoms with Gasteiger partial charge >= 0.3 is 18.0 Å². The number of hydrogen-bond acceptors (Lipinski definition) is 5. The number of carbonyl (C=O) groups excluding carboxylic acids is 2. The van der Waals surface area contributed by atoms with Gasteiger partial charge in [-0.15, -0.1) is 0 Å². The third-order valence-corrected chi connectivity index (χ3v) is 5.32. The fourth-order valence-electron chi connectivity index (χ4n) is 2.69. The first-order valence-electron chi connectivity index (χ1n) is 8.36. The summed E-state index contributed by atoms with van der Waals surface area (Å²) >= 11 is 1.44. The molecule has 0 aromatic carbocycles. The van der Waals surface area contributed by atoms with Crippen molar-refractivity contribution < 1.29 is 24.2 Å². The van der Waals surface area contributed by atoms with Crippen molar-refractivity contribution in [3.63, 3.8) is 0 Å². The molecule has 2 unspecified atom stereocenters. The van der Waals surface area contributed by atoms with Crippen molar-refractivity contribution >= 4 is 29.7 Å². The van der Waals surface area contributed by atoms with Crippen molar-refractivity contribution in [1.29, 1.82) is 0 Å². The molecule has 0 bridgehead atoms. The van der Waals surface area contributed by atoms with Gasteiger partial charge in [-0.05, 0) is 24.5 Å². The van der Waals surface area contributed by atoms with Crippen molar-refractivity contribution in [3.05, 3.63) is 0 Å². The van der Waals surface area contributed by atoms with Crippen LogP contribution < -0.4 is 10.6 Å². The molecule has 2 amide bonds. The third kappa shape index (κ3) is 8.42. The molecule has 0 heterocycles. The van der Waals surface area contributed by atoms with E-state index in [2.05, 4.69) is 10.6 Å². The molecule has 1 aliphatic carbocycles. The lowest BCUT2D eigenvalue weighted by molar-refractivity contribution is -0.142. The fraction of sp³-hybridized carbons (Fsp3) is 0.812. The Morgan fingerprint density at radius 2 is 1.88 bits per heavy atom. The van der Waals surface area contributed by atoms with Gasteiger partial charge in [-0.25, -0.2) is 9.59 Å². The Kier molecular flexibility index (Phi) is 9.59. The lowest BCUT2D eigenvalue weighted by atomic mass is 9.96. The molecular weight excluding hydrogens is 332 g/mol. The van der Waals surface area contributed by atoms with Crippen LogP contribution in [0.5, 0.6) is 0 Å². The molecule has 1 rings (SSSR count). The van der Waals surface area contributed by atoms with E-state index in [0.29, 0.717) is 11.5 Å². The highest BCUT2D eigenvalue weighted by Gasteiger charge is 2.23. The van der Waals surface area contributed by atoms with Gasteiger partial charge in [0, 0.05) is 18.2 Å². The van der Waals surface area contributed by atoms with E-state index in [4.69, 9.17) is 9.84 Å². The second-order valence-electron chi connectivity index (χ2n) is 6.27. The van der Waals surface area contributed by atoms with Crippen molar-refractivity contribution in [1.82, 2.24) is 10.6 Å². The lowest BCUT2D eigenvalue weighted by Crippen LogP contribution is -2.50. The lowest BCUT2D eigenvalue weighted by Gasteiger charge is -2.24. The van der Waals surface area contributed by atoms with Gasteiger partial charge in [0.25, 0.3) is 0 Å². The second-order valence-corrected chi connectivity index (χ2v) is 7.34. The monoisotopic (exact) mass is 360 g/mol. The predicted molar refractivity (Wildman–Crippen MR) is 93.1 cm³/mol. The number of carboxylic acids is 1. The number of nitrogens with one attached hydrogen (secondary N) is 2. The number of ether oxygens (including phenoxy) is 1. The number of amides is 2.